The molecule has 0 aliphatic rings. The number of carbonyl (C=O) groups excluding carboxylic acids is 1. The Hall–Kier alpha value is -0.610. The maximum absolute atomic E-state index is 11.8. The van der Waals surface area contributed by atoms with Crippen LogP contribution in [0.1, 0.15) is 20.8 Å². The lowest BCUT2D eigenvalue weighted by Gasteiger charge is -2.28. The van der Waals surface area contributed by atoms with Crippen LogP contribution >= 0.6 is 0 Å². The van der Waals surface area contributed by atoms with Gasteiger partial charge in [0.15, 0.2) is 0 Å². The Morgan fingerprint density at radius 1 is 1.29 bits per heavy atom. The number of nitrogens with zero attached hydrogens (tertiary/aromatic N) is 1. The van der Waals surface area contributed by atoms with Gasteiger partial charge in [-0.15, -0.1) is 0 Å². The van der Waals surface area contributed by atoms with Gasteiger partial charge < -0.3 is 14.4 Å². The molecule has 0 aromatic rings. The van der Waals surface area contributed by atoms with Gasteiger partial charge in [-0.3, -0.25) is 4.79 Å². The molecule has 1 amide bonds. The van der Waals surface area contributed by atoms with Gasteiger partial charge in [0.25, 0.3) is 5.91 Å². The minimum atomic E-state index is -0.380. The number of rotatable bonds is 6. The normalized spacial score (nSPS) is 13.0. The summed E-state index contributed by atoms with van der Waals surface area (Å²) in [6.45, 7) is 6.89. The molecule has 0 saturated carbocycles. The van der Waals surface area contributed by atoms with Crippen molar-refractivity contribution >= 4 is 5.91 Å². The Kier molecular flexibility index (Phi) is 6.49. The van der Waals surface area contributed by atoms with E-state index in [1.54, 1.807) is 18.9 Å². The van der Waals surface area contributed by atoms with Crippen molar-refractivity contribution in [1.82, 2.24) is 4.90 Å². The molecule has 0 heterocycles. The Balaban J connectivity index is 4.25. The largest absolute Gasteiger partial charge is 0.383 e. The maximum atomic E-state index is 11.8. The second-order valence-corrected chi connectivity index (χ2v) is 3.50. The van der Waals surface area contributed by atoms with Crippen molar-refractivity contribution in [1.29, 1.82) is 0 Å². The second-order valence-electron chi connectivity index (χ2n) is 3.50. The molecule has 1 atom stereocenters. The monoisotopic (exact) mass is 203 g/mol. The van der Waals surface area contributed by atoms with Crippen LogP contribution < -0.4 is 0 Å². The molecule has 0 saturated heterocycles. The van der Waals surface area contributed by atoms with Gasteiger partial charge in [0.2, 0.25) is 0 Å². The van der Waals surface area contributed by atoms with E-state index in [0.717, 1.165) is 0 Å². The van der Waals surface area contributed by atoms with Crippen molar-refractivity contribution < 1.29 is 14.3 Å². The summed E-state index contributed by atoms with van der Waals surface area (Å²) in [5.41, 5.74) is 0. The van der Waals surface area contributed by atoms with E-state index in [1.807, 2.05) is 13.8 Å². The number of hydrogen-bond donors (Lipinski definition) is 0. The molecular weight excluding hydrogens is 182 g/mol. The van der Waals surface area contributed by atoms with Gasteiger partial charge in [-0.2, -0.15) is 0 Å². The fourth-order valence-electron chi connectivity index (χ4n) is 1.15. The highest BCUT2D eigenvalue weighted by atomic mass is 16.5. The summed E-state index contributed by atoms with van der Waals surface area (Å²) >= 11 is 0. The van der Waals surface area contributed by atoms with Crippen molar-refractivity contribution in [3.05, 3.63) is 0 Å². The minimum absolute atomic E-state index is 0.0135. The quantitative estimate of drug-likeness (QED) is 0.644. The molecule has 84 valence electrons. The van der Waals surface area contributed by atoms with Crippen LogP contribution in [0, 0.1) is 0 Å². The molecule has 4 nitrogen and oxygen atoms in total. The van der Waals surface area contributed by atoms with E-state index in [4.69, 9.17) is 9.47 Å². The van der Waals surface area contributed by atoms with Crippen molar-refractivity contribution in [2.45, 2.75) is 32.9 Å². The third-order valence-corrected chi connectivity index (χ3v) is 2.14. The molecule has 0 N–H and O–H groups in total. The van der Waals surface area contributed by atoms with Gasteiger partial charge in [0.05, 0.1) is 6.61 Å². The van der Waals surface area contributed by atoms with Crippen LogP contribution in [0.25, 0.3) is 0 Å². The van der Waals surface area contributed by atoms with E-state index in [1.165, 1.54) is 7.11 Å². The lowest BCUT2D eigenvalue weighted by atomic mass is 10.2. The fourth-order valence-corrected chi connectivity index (χ4v) is 1.15. The Labute approximate surface area is 86.2 Å². The molecule has 0 bridgehead atoms. The SMILES string of the molecule is COCCN(C(=O)C(C)OC)C(C)C. The van der Waals surface area contributed by atoms with E-state index in [9.17, 15) is 4.79 Å². The second kappa shape index (κ2) is 6.79. The molecule has 1 unspecified atom stereocenters. The lowest BCUT2D eigenvalue weighted by molar-refractivity contribution is -0.143. The Bertz CT molecular complexity index is 171. The van der Waals surface area contributed by atoms with Gasteiger partial charge in [0, 0.05) is 26.8 Å². The summed E-state index contributed by atoms with van der Waals surface area (Å²) in [6.07, 6.45) is -0.380. The number of amides is 1. The van der Waals surface area contributed by atoms with Crippen LogP contribution in [0.3, 0.4) is 0 Å². The zero-order chi connectivity index (χ0) is 11.1. The number of hydrogen-bond acceptors (Lipinski definition) is 3. The molecule has 14 heavy (non-hydrogen) atoms. The first kappa shape index (κ1) is 13.4. The molecular formula is C10H21NO3. The van der Waals surface area contributed by atoms with Gasteiger partial charge in [-0.05, 0) is 20.8 Å². The zero-order valence-corrected chi connectivity index (χ0v) is 9.74. The molecule has 0 radical (unpaired) electrons. The topological polar surface area (TPSA) is 38.8 Å². The highest BCUT2D eigenvalue weighted by Gasteiger charge is 2.21. The molecule has 4 heteroatoms. The van der Waals surface area contributed by atoms with E-state index in [-0.39, 0.29) is 18.1 Å². The number of methoxy groups -OCH3 is 2. The average molecular weight is 203 g/mol. The summed E-state index contributed by atoms with van der Waals surface area (Å²) < 4.78 is 9.94. The highest BCUT2D eigenvalue weighted by Crippen LogP contribution is 2.03. The molecule has 0 aromatic carbocycles. The van der Waals surface area contributed by atoms with E-state index < -0.39 is 0 Å². The third kappa shape index (κ3) is 4.07. The maximum Gasteiger partial charge on any atom is 0.251 e. The minimum Gasteiger partial charge on any atom is -0.383 e. The summed E-state index contributed by atoms with van der Waals surface area (Å²) in [7, 11) is 3.17. The van der Waals surface area contributed by atoms with Gasteiger partial charge in [0.1, 0.15) is 6.10 Å². The molecule has 0 aliphatic heterocycles. The molecule has 0 rings (SSSR count). The van der Waals surface area contributed by atoms with Crippen LogP contribution in [-0.4, -0.2) is 50.3 Å². The van der Waals surface area contributed by atoms with Crippen LogP contribution in [0.4, 0.5) is 0 Å². The van der Waals surface area contributed by atoms with Crippen LogP contribution in [0.2, 0.25) is 0 Å². The third-order valence-electron chi connectivity index (χ3n) is 2.14. The molecule has 0 spiro atoms. The zero-order valence-electron chi connectivity index (χ0n) is 9.74. The van der Waals surface area contributed by atoms with E-state index in [2.05, 4.69) is 0 Å². The average Bonchev–Trinajstić information content (AvgIpc) is 2.16. The first-order valence-corrected chi connectivity index (χ1v) is 4.86. The van der Waals surface area contributed by atoms with Crippen molar-refractivity contribution in [2.24, 2.45) is 0 Å². The number of ether oxygens (including phenoxy) is 2. The van der Waals surface area contributed by atoms with Gasteiger partial charge >= 0.3 is 0 Å². The van der Waals surface area contributed by atoms with Crippen molar-refractivity contribution in [3.63, 3.8) is 0 Å². The van der Waals surface area contributed by atoms with Crippen LogP contribution in [-0.2, 0) is 14.3 Å². The first-order valence-electron chi connectivity index (χ1n) is 4.86. The predicted octanol–water partition coefficient (Wildman–Crippen LogP) is 0.905. The van der Waals surface area contributed by atoms with Crippen molar-refractivity contribution in [3.8, 4) is 0 Å². The van der Waals surface area contributed by atoms with Gasteiger partial charge in [-0.1, -0.05) is 0 Å². The van der Waals surface area contributed by atoms with E-state index in [0.29, 0.717) is 13.2 Å². The predicted molar refractivity (Wildman–Crippen MR) is 55.2 cm³/mol. The standard InChI is InChI=1S/C10H21NO3/c1-8(2)11(6-7-13-4)10(12)9(3)14-5/h8-9H,6-7H2,1-5H3. The van der Waals surface area contributed by atoms with Crippen LogP contribution in [0.15, 0.2) is 0 Å². The molecule has 0 aliphatic carbocycles. The summed E-state index contributed by atoms with van der Waals surface area (Å²) in [5.74, 6) is 0.0135. The van der Waals surface area contributed by atoms with Crippen LogP contribution in [0.5, 0.6) is 0 Å². The number of carbonyl (C=O) groups is 1. The summed E-state index contributed by atoms with van der Waals surface area (Å²) in [4.78, 5) is 13.5. The lowest BCUT2D eigenvalue weighted by Crippen LogP contribution is -2.44. The molecule has 0 aromatic heterocycles. The Morgan fingerprint density at radius 3 is 2.21 bits per heavy atom. The van der Waals surface area contributed by atoms with Gasteiger partial charge in [-0.25, -0.2) is 0 Å². The van der Waals surface area contributed by atoms with Crippen molar-refractivity contribution in [2.75, 3.05) is 27.4 Å². The Morgan fingerprint density at radius 2 is 1.86 bits per heavy atom. The fraction of sp³-hybridized carbons (Fsp3) is 0.900. The first-order chi connectivity index (χ1) is 6.54. The van der Waals surface area contributed by atoms with E-state index >= 15 is 0 Å². The summed E-state index contributed by atoms with van der Waals surface area (Å²) in [6, 6.07) is 0.176. The molecule has 0 fully saturated rings. The summed E-state index contributed by atoms with van der Waals surface area (Å²) in [5, 5.41) is 0. The highest BCUT2D eigenvalue weighted by molar-refractivity contribution is 5.80. The smallest absolute Gasteiger partial charge is 0.251 e.